The number of nitrogens with zero attached hydrogens (tertiary/aromatic N) is 2. The maximum absolute atomic E-state index is 13.0. The quantitative estimate of drug-likeness (QED) is 0.863. The summed E-state index contributed by atoms with van der Waals surface area (Å²) in [6.07, 6.45) is 5.31. The van der Waals surface area contributed by atoms with Crippen LogP contribution in [0.4, 0.5) is 5.69 Å². The van der Waals surface area contributed by atoms with Crippen LogP contribution in [0.25, 0.3) is 0 Å². The second kappa shape index (κ2) is 6.62. The van der Waals surface area contributed by atoms with E-state index in [4.69, 9.17) is 0 Å². The van der Waals surface area contributed by atoms with Crippen LogP contribution in [0.5, 0.6) is 5.75 Å². The summed E-state index contributed by atoms with van der Waals surface area (Å²) in [4.78, 5) is 14.6. The summed E-state index contributed by atoms with van der Waals surface area (Å²) < 4.78 is 0. The Morgan fingerprint density at radius 3 is 2.52 bits per heavy atom. The molecular formula is C17H22N2O2. The van der Waals surface area contributed by atoms with Gasteiger partial charge in [-0.2, -0.15) is 5.26 Å². The topological polar surface area (TPSA) is 64.3 Å². The largest absolute Gasteiger partial charge is 0.508 e. The molecule has 1 aliphatic carbocycles. The van der Waals surface area contributed by atoms with Gasteiger partial charge in [-0.1, -0.05) is 31.7 Å². The molecule has 4 heteroatoms. The van der Waals surface area contributed by atoms with Crippen LogP contribution >= 0.6 is 0 Å². The van der Waals surface area contributed by atoms with Gasteiger partial charge in [0.25, 0.3) is 0 Å². The van der Waals surface area contributed by atoms with E-state index in [9.17, 15) is 15.2 Å². The van der Waals surface area contributed by atoms with E-state index in [2.05, 4.69) is 6.07 Å². The van der Waals surface area contributed by atoms with Gasteiger partial charge in [0.1, 0.15) is 11.2 Å². The Bertz CT molecular complexity index is 540. The molecule has 1 aliphatic rings. The molecule has 0 heterocycles. The first-order chi connectivity index (χ1) is 10.1. The van der Waals surface area contributed by atoms with Crippen molar-refractivity contribution in [2.24, 2.45) is 5.41 Å². The number of hydrogen-bond donors (Lipinski definition) is 1. The van der Waals surface area contributed by atoms with E-state index < -0.39 is 5.41 Å². The molecule has 21 heavy (non-hydrogen) atoms. The number of nitriles is 1. The predicted octanol–water partition coefficient (Wildman–Crippen LogP) is 3.61. The molecule has 0 radical (unpaired) electrons. The fraction of sp³-hybridized carbons (Fsp3) is 0.529. The van der Waals surface area contributed by atoms with Crippen molar-refractivity contribution in [2.75, 3.05) is 11.4 Å². The molecule has 0 saturated heterocycles. The van der Waals surface area contributed by atoms with Crippen molar-refractivity contribution in [3.8, 4) is 11.8 Å². The summed E-state index contributed by atoms with van der Waals surface area (Å²) in [5, 5.41) is 19.2. The Balaban J connectivity index is 2.32. The van der Waals surface area contributed by atoms with Gasteiger partial charge in [-0.15, -0.1) is 0 Å². The molecule has 0 atom stereocenters. The molecule has 1 aromatic rings. The van der Waals surface area contributed by atoms with Crippen LogP contribution < -0.4 is 4.90 Å². The lowest BCUT2D eigenvalue weighted by Crippen LogP contribution is -2.43. The maximum atomic E-state index is 13.0. The van der Waals surface area contributed by atoms with Crippen molar-refractivity contribution in [1.29, 1.82) is 5.26 Å². The number of phenols is 1. The Kier molecular flexibility index (Phi) is 4.85. The van der Waals surface area contributed by atoms with Crippen molar-refractivity contribution in [3.05, 3.63) is 24.3 Å². The van der Waals surface area contributed by atoms with E-state index in [-0.39, 0.29) is 11.7 Å². The number of amides is 1. The molecule has 1 N–H and O–H groups in total. The van der Waals surface area contributed by atoms with Crippen molar-refractivity contribution in [2.45, 2.75) is 45.4 Å². The van der Waals surface area contributed by atoms with Crippen molar-refractivity contribution >= 4 is 11.6 Å². The third-order valence-corrected chi connectivity index (χ3v) is 4.28. The Hall–Kier alpha value is -2.02. The van der Waals surface area contributed by atoms with Crippen molar-refractivity contribution in [1.82, 2.24) is 0 Å². The first-order valence-electron chi connectivity index (χ1n) is 7.65. The lowest BCUT2D eigenvalue weighted by molar-refractivity contribution is -0.126. The summed E-state index contributed by atoms with van der Waals surface area (Å²) in [5.74, 6) is 0.00521. The van der Waals surface area contributed by atoms with Crippen LogP contribution in [0.3, 0.4) is 0 Å². The monoisotopic (exact) mass is 286 g/mol. The molecular weight excluding hydrogens is 264 g/mol. The minimum Gasteiger partial charge on any atom is -0.508 e. The van der Waals surface area contributed by atoms with Crippen LogP contribution in [0.2, 0.25) is 0 Å². The number of aromatic hydroxyl groups is 1. The summed E-state index contributed by atoms with van der Waals surface area (Å²) in [5.41, 5.74) is -0.251. The smallest absolute Gasteiger partial charge is 0.247 e. The highest BCUT2D eigenvalue weighted by Gasteiger charge is 2.41. The molecule has 4 nitrogen and oxygen atoms in total. The van der Waals surface area contributed by atoms with Gasteiger partial charge >= 0.3 is 0 Å². The molecule has 0 unspecified atom stereocenters. The van der Waals surface area contributed by atoms with E-state index in [0.717, 1.165) is 25.7 Å². The van der Waals surface area contributed by atoms with Crippen molar-refractivity contribution < 1.29 is 9.90 Å². The van der Waals surface area contributed by atoms with Crippen molar-refractivity contribution in [3.63, 3.8) is 0 Å². The fourth-order valence-corrected chi connectivity index (χ4v) is 3.07. The summed E-state index contributed by atoms with van der Waals surface area (Å²) >= 11 is 0. The molecule has 0 aliphatic heterocycles. The number of carbonyl (C=O) groups excluding carboxylic acids is 1. The maximum Gasteiger partial charge on any atom is 0.247 e. The Morgan fingerprint density at radius 1 is 1.33 bits per heavy atom. The second-order valence-electron chi connectivity index (χ2n) is 5.68. The Labute approximate surface area is 126 Å². The number of anilines is 1. The summed E-state index contributed by atoms with van der Waals surface area (Å²) in [6.45, 7) is 2.38. The highest BCUT2D eigenvalue weighted by atomic mass is 16.3. The molecule has 1 aromatic carbocycles. The Morgan fingerprint density at radius 2 is 2.00 bits per heavy atom. The van der Waals surface area contributed by atoms with Gasteiger partial charge in [0.15, 0.2) is 0 Å². The van der Waals surface area contributed by atoms with Gasteiger partial charge in [-0.05, 0) is 31.9 Å². The predicted molar refractivity (Wildman–Crippen MR) is 81.9 cm³/mol. The summed E-state index contributed by atoms with van der Waals surface area (Å²) in [6, 6.07) is 8.96. The van der Waals surface area contributed by atoms with Gasteiger partial charge < -0.3 is 10.0 Å². The number of benzene rings is 1. The normalized spacial score (nSPS) is 17.5. The zero-order valence-electron chi connectivity index (χ0n) is 12.5. The van der Waals surface area contributed by atoms with Gasteiger partial charge in [0, 0.05) is 18.3 Å². The van der Waals surface area contributed by atoms with E-state index in [1.54, 1.807) is 29.2 Å². The molecule has 0 aromatic heterocycles. The number of hydrogen-bond acceptors (Lipinski definition) is 3. The van der Waals surface area contributed by atoms with Crippen LogP contribution in [-0.4, -0.2) is 17.6 Å². The average molecular weight is 286 g/mol. The minimum absolute atomic E-state index is 0.125. The van der Waals surface area contributed by atoms with E-state index in [0.29, 0.717) is 25.1 Å². The SMILES string of the molecule is CCN(C(=O)C1(C#N)CCCCCC1)c1cccc(O)c1. The first kappa shape index (κ1) is 15.4. The lowest BCUT2D eigenvalue weighted by Gasteiger charge is -2.31. The molecule has 1 amide bonds. The van der Waals surface area contributed by atoms with Crippen LogP contribution in [-0.2, 0) is 4.79 Å². The molecule has 112 valence electrons. The van der Waals surface area contributed by atoms with Crippen LogP contribution in [0.15, 0.2) is 24.3 Å². The van der Waals surface area contributed by atoms with Gasteiger partial charge in [-0.3, -0.25) is 4.79 Å². The number of carbonyl (C=O) groups is 1. The number of phenolic OH excluding ortho intramolecular Hbond substituents is 1. The second-order valence-corrected chi connectivity index (χ2v) is 5.68. The lowest BCUT2D eigenvalue weighted by atomic mass is 9.80. The minimum atomic E-state index is -0.905. The highest BCUT2D eigenvalue weighted by Crippen LogP contribution is 2.37. The average Bonchev–Trinajstić information content (AvgIpc) is 2.74. The van der Waals surface area contributed by atoms with Crippen LogP contribution in [0.1, 0.15) is 45.4 Å². The van der Waals surface area contributed by atoms with Crippen LogP contribution in [0, 0.1) is 16.7 Å². The molecule has 1 fully saturated rings. The molecule has 0 bridgehead atoms. The standard InChI is InChI=1S/C17H22N2O2/c1-2-19(14-8-7-9-15(20)12-14)16(21)17(13-18)10-5-3-4-6-11-17/h7-9,12,20H,2-6,10-11H2,1H3. The van der Waals surface area contributed by atoms with E-state index in [1.165, 1.54) is 0 Å². The fourth-order valence-electron chi connectivity index (χ4n) is 3.07. The zero-order valence-corrected chi connectivity index (χ0v) is 12.5. The van der Waals surface area contributed by atoms with Gasteiger partial charge in [0.05, 0.1) is 6.07 Å². The highest BCUT2D eigenvalue weighted by molar-refractivity contribution is 5.99. The number of rotatable bonds is 3. The van der Waals surface area contributed by atoms with E-state index >= 15 is 0 Å². The molecule has 0 spiro atoms. The third-order valence-electron chi connectivity index (χ3n) is 4.28. The van der Waals surface area contributed by atoms with E-state index in [1.807, 2.05) is 6.92 Å². The third kappa shape index (κ3) is 3.18. The summed E-state index contributed by atoms with van der Waals surface area (Å²) in [7, 11) is 0. The van der Waals surface area contributed by atoms with Gasteiger partial charge in [0.2, 0.25) is 5.91 Å². The molecule has 2 rings (SSSR count). The van der Waals surface area contributed by atoms with Gasteiger partial charge in [-0.25, -0.2) is 0 Å². The first-order valence-corrected chi connectivity index (χ1v) is 7.65. The zero-order chi connectivity index (χ0) is 15.3. The molecule has 1 saturated carbocycles.